The molecule has 0 heterocycles. The van der Waals surface area contributed by atoms with Gasteiger partial charge in [0, 0.05) is 0 Å². The fourth-order valence-electron chi connectivity index (χ4n) is 5.33. The van der Waals surface area contributed by atoms with Gasteiger partial charge in [0.05, 0.1) is 46.7 Å². The number of aliphatic hydroxyl groups is 4. The summed E-state index contributed by atoms with van der Waals surface area (Å²) in [4.78, 5) is 40.8. The number of aromatic carboxylic acids is 4. The summed E-state index contributed by atoms with van der Waals surface area (Å²) in [6, 6.07) is 33.2. The molecule has 8 N–H and O–H groups in total. The summed E-state index contributed by atoms with van der Waals surface area (Å²) in [6.07, 6.45) is 14.4. The van der Waals surface area contributed by atoms with Crippen molar-refractivity contribution in [3.8, 4) is 0 Å². The van der Waals surface area contributed by atoms with E-state index in [9.17, 15) is 19.2 Å². The number of allylic oxidation sites excluding steroid dienone is 2. The van der Waals surface area contributed by atoms with Crippen LogP contribution < -0.4 is 0 Å². The number of aliphatic hydroxyl groups excluding tert-OH is 4. The first-order valence-electron chi connectivity index (χ1n) is 24.3. The topological polar surface area (TPSA) is 230 Å². The summed E-state index contributed by atoms with van der Waals surface area (Å²) < 4.78 is 0. The van der Waals surface area contributed by atoms with E-state index in [-0.39, 0.29) is 24.4 Å². The molecule has 5 unspecified atom stereocenters. The molecule has 0 spiro atoms. The minimum absolute atomic E-state index is 0.310. The Morgan fingerprint density at radius 2 is 0.729 bits per heavy atom. The van der Waals surface area contributed by atoms with Crippen molar-refractivity contribution in [2.24, 2.45) is 5.92 Å². The molecule has 0 aliphatic heterocycles. The lowest BCUT2D eigenvalue weighted by molar-refractivity contribution is 0.0686. The fourth-order valence-corrected chi connectivity index (χ4v) is 5.33. The van der Waals surface area contributed by atoms with Crippen LogP contribution in [0.1, 0.15) is 180 Å². The first kappa shape index (κ1) is 70.6. The maximum Gasteiger partial charge on any atom is 0.335 e. The van der Waals surface area contributed by atoms with E-state index in [0.717, 1.165) is 31.6 Å². The molecule has 0 aliphatic rings. The van der Waals surface area contributed by atoms with E-state index in [1.54, 1.807) is 135 Å². The Labute approximate surface area is 420 Å². The van der Waals surface area contributed by atoms with Crippen LogP contribution in [-0.2, 0) is 0 Å². The summed E-state index contributed by atoms with van der Waals surface area (Å²) in [6.45, 7) is 23.7. The van der Waals surface area contributed by atoms with Gasteiger partial charge in [-0.3, -0.25) is 0 Å². The SMILES string of the molecule is C=C(C)CCCCC.C=CC(C)CCCC.CCCC(O)CC(C)O.CCCC(O)CC(C)O.O=C(O)c1ccccc1.O=C(O)c1ccccc1.O=C(O)c1ccccc1.O=C(O)c1ccccc1. The van der Waals surface area contributed by atoms with E-state index < -0.39 is 23.9 Å². The number of rotatable bonds is 20. The van der Waals surface area contributed by atoms with Crippen LogP contribution in [0.5, 0.6) is 0 Å². The third-order valence-electron chi connectivity index (χ3n) is 9.18. The van der Waals surface area contributed by atoms with Gasteiger partial charge < -0.3 is 40.9 Å². The van der Waals surface area contributed by atoms with E-state index >= 15 is 0 Å². The predicted molar refractivity (Wildman–Crippen MR) is 286 cm³/mol. The molecule has 4 aromatic carbocycles. The average Bonchev–Trinajstić information content (AvgIpc) is 3.33. The minimum atomic E-state index is -0.879. The largest absolute Gasteiger partial charge is 0.478 e. The van der Waals surface area contributed by atoms with Gasteiger partial charge in [0.2, 0.25) is 0 Å². The second-order valence-electron chi connectivity index (χ2n) is 16.5. The number of unbranched alkanes of at least 4 members (excludes halogenated alkanes) is 3. The van der Waals surface area contributed by atoms with Crippen LogP contribution >= 0.6 is 0 Å². The first-order chi connectivity index (χ1) is 33.1. The monoisotopic (exact) mass is 977 g/mol. The van der Waals surface area contributed by atoms with Crippen LogP contribution in [0.4, 0.5) is 0 Å². The van der Waals surface area contributed by atoms with Crippen LogP contribution in [-0.4, -0.2) is 89.1 Å². The predicted octanol–water partition coefficient (Wildman–Crippen LogP) is 13.5. The second-order valence-corrected chi connectivity index (χ2v) is 16.5. The number of carbonyl (C=O) groups is 4. The minimum Gasteiger partial charge on any atom is -0.478 e. The van der Waals surface area contributed by atoms with E-state index in [0.29, 0.717) is 35.1 Å². The van der Waals surface area contributed by atoms with Crippen molar-refractivity contribution < 1.29 is 60.0 Å². The van der Waals surface area contributed by atoms with Gasteiger partial charge in [0.15, 0.2) is 0 Å². The molecule has 12 nitrogen and oxygen atoms in total. The quantitative estimate of drug-likeness (QED) is 0.0305. The van der Waals surface area contributed by atoms with Crippen molar-refractivity contribution in [2.75, 3.05) is 0 Å². The average molecular weight is 977 g/mol. The number of hydrogen-bond acceptors (Lipinski definition) is 8. The fraction of sp³-hybridized carbons (Fsp3) is 0.448. The molecule has 392 valence electrons. The Morgan fingerprint density at radius 3 is 0.900 bits per heavy atom. The lowest BCUT2D eigenvalue weighted by atomic mass is 10.1. The molecule has 0 bridgehead atoms. The van der Waals surface area contributed by atoms with Crippen LogP contribution in [0.25, 0.3) is 0 Å². The summed E-state index contributed by atoms with van der Waals surface area (Å²) in [5.41, 5.74) is 2.64. The van der Waals surface area contributed by atoms with Gasteiger partial charge in [-0.05, 0) is 120 Å². The molecule has 0 saturated heterocycles. The highest BCUT2D eigenvalue weighted by molar-refractivity contribution is 5.88. The third-order valence-corrected chi connectivity index (χ3v) is 9.18. The van der Waals surface area contributed by atoms with E-state index in [1.165, 1.54) is 50.5 Å². The second kappa shape index (κ2) is 49.5. The molecule has 12 heteroatoms. The number of carboxylic acids is 4. The van der Waals surface area contributed by atoms with Crippen LogP contribution in [0.3, 0.4) is 0 Å². The van der Waals surface area contributed by atoms with Crippen molar-refractivity contribution in [1.29, 1.82) is 0 Å². The Bertz CT molecular complexity index is 1620. The normalized spacial score (nSPS) is 11.6. The molecule has 4 rings (SSSR count). The molecule has 70 heavy (non-hydrogen) atoms. The molecular formula is C58H88O12. The molecular weight excluding hydrogens is 889 g/mol. The number of carboxylic acid groups (broad SMARTS) is 4. The Hall–Kier alpha value is -5.92. The van der Waals surface area contributed by atoms with Gasteiger partial charge >= 0.3 is 23.9 Å². The molecule has 0 fully saturated rings. The van der Waals surface area contributed by atoms with Gasteiger partial charge in [-0.15, -0.1) is 13.2 Å². The summed E-state index contributed by atoms with van der Waals surface area (Å²) >= 11 is 0. The van der Waals surface area contributed by atoms with Crippen LogP contribution in [0.2, 0.25) is 0 Å². The Balaban J connectivity index is -0.000000356. The van der Waals surface area contributed by atoms with Gasteiger partial charge in [0.1, 0.15) is 0 Å². The Morgan fingerprint density at radius 1 is 0.457 bits per heavy atom. The van der Waals surface area contributed by atoms with E-state index in [1.807, 2.05) is 19.9 Å². The summed E-state index contributed by atoms with van der Waals surface area (Å²) in [7, 11) is 0. The highest BCUT2D eigenvalue weighted by Gasteiger charge is 2.06. The van der Waals surface area contributed by atoms with Crippen LogP contribution in [0.15, 0.2) is 146 Å². The van der Waals surface area contributed by atoms with Crippen LogP contribution in [0, 0.1) is 5.92 Å². The lowest BCUT2D eigenvalue weighted by Gasteiger charge is -2.09. The molecule has 0 radical (unpaired) electrons. The molecule has 0 amide bonds. The third kappa shape index (κ3) is 51.5. The zero-order valence-electron chi connectivity index (χ0n) is 43.3. The van der Waals surface area contributed by atoms with E-state index in [2.05, 4.69) is 40.9 Å². The summed E-state index contributed by atoms with van der Waals surface area (Å²) in [5.74, 6) is -2.80. The molecule has 0 saturated carbocycles. The molecule has 0 aliphatic carbocycles. The zero-order valence-corrected chi connectivity index (χ0v) is 43.3. The van der Waals surface area contributed by atoms with Crippen molar-refractivity contribution in [1.82, 2.24) is 0 Å². The highest BCUT2D eigenvalue weighted by atomic mass is 16.4. The van der Waals surface area contributed by atoms with Crippen molar-refractivity contribution in [2.45, 2.75) is 163 Å². The van der Waals surface area contributed by atoms with Crippen molar-refractivity contribution >= 4 is 23.9 Å². The first-order valence-corrected chi connectivity index (χ1v) is 24.3. The lowest BCUT2D eigenvalue weighted by Crippen LogP contribution is -2.14. The standard InChI is InChI=1S/2C8H16.4C7H6O2.2C7H16O2/c1-4-5-6-7-8(2)3;1-4-6-7-8(3)5-2;4*8-7(9)6-4-2-1-3-5-6;2*1-3-4-7(9)5-6(2)8/h2,4-7H2,1,3H3;5,8H,2,4,6-7H2,1,3H3;4*1-5H,(H,8,9);2*6-9H,3-5H2,1-2H3. The van der Waals surface area contributed by atoms with Gasteiger partial charge in [-0.1, -0.05) is 158 Å². The molecule has 0 aromatic heterocycles. The highest BCUT2D eigenvalue weighted by Crippen LogP contribution is 2.08. The smallest absolute Gasteiger partial charge is 0.335 e. The van der Waals surface area contributed by atoms with Crippen molar-refractivity contribution in [3.63, 3.8) is 0 Å². The summed E-state index contributed by atoms with van der Waals surface area (Å²) in [5, 5.41) is 69.2. The van der Waals surface area contributed by atoms with E-state index in [4.69, 9.17) is 40.9 Å². The molecule has 4 aromatic rings. The maximum absolute atomic E-state index is 10.2. The Kier molecular flexibility index (Phi) is 50.0. The molecule has 5 atom stereocenters. The van der Waals surface area contributed by atoms with Gasteiger partial charge in [-0.25, -0.2) is 19.2 Å². The number of benzene rings is 4. The maximum atomic E-state index is 10.2. The van der Waals surface area contributed by atoms with Gasteiger partial charge in [-0.2, -0.15) is 0 Å². The number of hydrogen-bond donors (Lipinski definition) is 8. The zero-order chi connectivity index (χ0) is 54.1. The van der Waals surface area contributed by atoms with Crippen molar-refractivity contribution in [3.05, 3.63) is 168 Å². The van der Waals surface area contributed by atoms with Gasteiger partial charge in [0.25, 0.3) is 0 Å².